The fraction of sp³-hybridized carbons (Fsp3) is 0.148. The summed E-state index contributed by atoms with van der Waals surface area (Å²) < 4.78 is 46.0. The third-order valence-electron chi connectivity index (χ3n) is 5.43. The van der Waals surface area contributed by atoms with Crippen LogP contribution in [0.3, 0.4) is 0 Å². The van der Waals surface area contributed by atoms with Gasteiger partial charge < -0.3 is 10.1 Å². The number of halogens is 5. The molecule has 6 nitrogen and oxygen atoms in total. The zero-order chi connectivity index (χ0) is 28.3. The van der Waals surface area contributed by atoms with Crippen molar-refractivity contribution < 1.29 is 32.3 Å². The van der Waals surface area contributed by atoms with E-state index < -0.39 is 35.3 Å². The summed E-state index contributed by atoms with van der Waals surface area (Å²) in [5, 5.41) is 1.63. The molecular weight excluding hydrogens is 665 g/mol. The average Bonchev–Trinajstić information content (AvgIpc) is 3.10. The summed E-state index contributed by atoms with van der Waals surface area (Å²) in [7, 11) is 0. The Morgan fingerprint density at radius 1 is 1.05 bits per heavy atom. The summed E-state index contributed by atoms with van der Waals surface area (Å²) in [6.45, 7) is 1.70. The van der Waals surface area contributed by atoms with Gasteiger partial charge in [-0.1, -0.05) is 35.9 Å². The molecule has 3 aromatic carbocycles. The van der Waals surface area contributed by atoms with E-state index in [1.807, 2.05) is 31.2 Å². The maximum atomic E-state index is 12.9. The van der Waals surface area contributed by atoms with E-state index in [1.54, 1.807) is 12.1 Å². The van der Waals surface area contributed by atoms with Crippen molar-refractivity contribution in [2.45, 2.75) is 19.7 Å². The zero-order valence-electron chi connectivity index (χ0n) is 20.1. The van der Waals surface area contributed by atoms with Gasteiger partial charge in [-0.3, -0.25) is 19.3 Å². The Labute approximate surface area is 242 Å². The number of ether oxygens (including phenoxy) is 1. The van der Waals surface area contributed by atoms with Crippen LogP contribution in [0.25, 0.3) is 6.08 Å². The predicted molar refractivity (Wildman–Crippen MR) is 150 cm³/mol. The quantitative estimate of drug-likeness (QED) is 0.257. The molecule has 1 fully saturated rings. The second-order valence-corrected chi connectivity index (χ2v) is 11.2. The summed E-state index contributed by atoms with van der Waals surface area (Å²) in [6.07, 6.45) is -3.07. The van der Waals surface area contributed by atoms with E-state index in [-0.39, 0.29) is 10.6 Å². The second kappa shape index (κ2) is 12.0. The number of alkyl halides is 3. The van der Waals surface area contributed by atoms with Crippen LogP contribution in [0.5, 0.6) is 5.75 Å². The lowest BCUT2D eigenvalue weighted by Crippen LogP contribution is -2.36. The molecule has 3 aromatic rings. The molecule has 0 atom stereocenters. The Balaban J connectivity index is 1.43. The van der Waals surface area contributed by atoms with Crippen LogP contribution in [0.2, 0.25) is 0 Å². The van der Waals surface area contributed by atoms with Crippen LogP contribution in [-0.4, -0.2) is 28.5 Å². The molecule has 1 aliphatic heterocycles. The van der Waals surface area contributed by atoms with Gasteiger partial charge in [-0.2, -0.15) is 13.2 Å². The highest BCUT2D eigenvalue weighted by atomic mass is 79.9. The molecule has 1 N–H and O–H groups in total. The SMILES string of the molecule is Cc1cccc(COc2c(Br)cc(/C=C3\SC(=O)N(CC(=O)Nc4cccc(C(F)(F)F)c4)C3=O)cc2Br)c1. The van der Waals surface area contributed by atoms with Crippen molar-refractivity contribution in [3.63, 3.8) is 0 Å². The van der Waals surface area contributed by atoms with E-state index in [4.69, 9.17) is 4.74 Å². The normalized spacial score (nSPS) is 14.7. The molecule has 0 unspecified atom stereocenters. The van der Waals surface area contributed by atoms with E-state index in [2.05, 4.69) is 37.2 Å². The number of nitrogens with zero attached hydrogens (tertiary/aromatic N) is 1. The Hall–Kier alpha value is -3.09. The molecule has 0 aliphatic carbocycles. The van der Waals surface area contributed by atoms with Gasteiger partial charge in [0.2, 0.25) is 5.91 Å². The third-order valence-corrected chi connectivity index (χ3v) is 7.52. The number of rotatable bonds is 7. The van der Waals surface area contributed by atoms with Crippen LogP contribution in [-0.2, 0) is 22.4 Å². The minimum Gasteiger partial charge on any atom is -0.487 e. The Morgan fingerprint density at radius 3 is 2.41 bits per heavy atom. The van der Waals surface area contributed by atoms with Gasteiger partial charge >= 0.3 is 6.18 Å². The second-order valence-electron chi connectivity index (χ2n) is 8.49. The van der Waals surface area contributed by atoms with E-state index in [0.717, 1.165) is 34.2 Å². The van der Waals surface area contributed by atoms with Crippen molar-refractivity contribution in [1.82, 2.24) is 4.90 Å². The smallest absolute Gasteiger partial charge is 0.416 e. The number of hydrogen-bond acceptors (Lipinski definition) is 5. The molecule has 4 rings (SSSR count). The molecule has 0 spiro atoms. The summed E-state index contributed by atoms with van der Waals surface area (Å²) in [5.41, 5.74) is 1.68. The van der Waals surface area contributed by atoms with Gasteiger partial charge in [0, 0.05) is 5.69 Å². The highest BCUT2D eigenvalue weighted by Gasteiger charge is 2.36. The number of nitrogens with one attached hydrogen (secondary N) is 1. The van der Waals surface area contributed by atoms with Gasteiger partial charge in [0.25, 0.3) is 11.1 Å². The van der Waals surface area contributed by atoms with Crippen LogP contribution in [0, 0.1) is 6.92 Å². The summed E-state index contributed by atoms with van der Waals surface area (Å²) in [6, 6.07) is 15.5. The monoisotopic (exact) mass is 682 g/mol. The number of carbonyl (C=O) groups excluding carboxylic acids is 3. The Morgan fingerprint density at radius 2 is 1.74 bits per heavy atom. The first-order valence-electron chi connectivity index (χ1n) is 11.3. The van der Waals surface area contributed by atoms with Crippen molar-refractivity contribution >= 4 is 72.4 Å². The van der Waals surface area contributed by atoms with Crippen molar-refractivity contribution in [3.8, 4) is 5.75 Å². The molecule has 0 saturated carbocycles. The molecule has 1 aliphatic rings. The highest BCUT2D eigenvalue weighted by Crippen LogP contribution is 2.38. The van der Waals surface area contributed by atoms with Crippen LogP contribution in [0.1, 0.15) is 22.3 Å². The summed E-state index contributed by atoms with van der Waals surface area (Å²) in [4.78, 5) is 38.5. The van der Waals surface area contributed by atoms with Crippen molar-refractivity contribution in [3.05, 3.63) is 96.8 Å². The summed E-state index contributed by atoms with van der Waals surface area (Å²) in [5.74, 6) is -0.928. The van der Waals surface area contributed by atoms with Crippen molar-refractivity contribution in [1.29, 1.82) is 0 Å². The Kier molecular flexibility index (Phi) is 8.87. The lowest BCUT2D eigenvalue weighted by atomic mass is 10.1. The lowest BCUT2D eigenvalue weighted by molar-refractivity contribution is -0.137. The van der Waals surface area contributed by atoms with Gasteiger partial charge in [0.15, 0.2) is 0 Å². The maximum Gasteiger partial charge on any atom is 0.416 e. The largest absolute Gasteiger partial charge is 0.487 e. The first kappa shape index (κ1) is 28.9. The predicted octanol–water partition coefficient (Wildman–Crippen LogP) is 7.79. The van der Waals surface area contributed by atoms with Crippen LogP contribution in [0.15, 0.2) is 74.5 Å². The average molecular weight is 684 g/mol. The molecule has 39 heavy (non-hydrogen) atoms. The first-order chi connectivity index (χ1) is 18.4. The van der Waals surface area contributed by atoms with Gasteiger partial charge in [-0.05, 0) is 98.1 Å². The van der Waals surface area contributed by atoms with Gasteiger partial charge in [-0.15, -0.1) is 0 Å². The van der Waals surface area contributed by atoms with Crippen LogP contribution in [0.4, 0.5) is 23.7 Å². The molecule has 1 saturated heterocycles. The molecule has 12 heteroatoms. The molecule has 202 valence electrons. The molecule has 3 amide bonds. The standard InChI is InChI=1S/C27H19Br2F3N2O4S/c1-15-4-2-5-16(8-15)14-38-24-20(28)9-17(10-21(24)29)11-22-25(36)34(26(37)39-22)13-23(35)33-19-7-3-6-18(12-19)27(30,31)32/h2-12H,13-14H2,1H3,(H,33,35)/b22-11-. The van der Waals surface area contributed by atoms with Crippen molar-refractivity contribution in [2.24, 2.45) is 0 Å². The lowest BCUT2D eigenvalue weighted by Gasteiger charge is -2.13. The van der Waals surface area contributed by atoms with E-state index in [0.29, 0.717) is 38.6 Å². The number of thioether (sulfide) groups is 1. The molecular formula is C27H19Br2F3N2O4S. The number of anilines is 1. The number of carbonyl (C=O) groups is 3. The van der Waals surface area contributed by atoms with Gasteiger partial charge in [0.05, 0.1) is 19.4 Å². The maximum absolute atomic E-state index is 12.9. The van der Waals surface area contributed by atoms with Crippen LogP contribution < -0.4 is 10.1 Å². The number of aryl methyl sites for hydroxylation is 1. The van der Waals surface area contributed by atoms with E-state index in [1.165, 1.54) is 12.1 Å². The molecule has 0 aromatic heterocycles. The van der Waals surface area contributed by atoms with E-state index in [9.17, 15) is 27.6 Å². The fourth-order valence-corrected chi connectivity index (χ4v) is 5.95. The zero-order valence-corrected chi connectivity index (χ0v) is 24.1. The molecule has 1 heterocycles. The number of benzene rings is 3. The molecule has 0 radical (unpaired) electrons. The fourth-order valence-electron chi connectivity index (χ4n) is 3.66. The van der Waals surface area contributed by atoms with Crippen molar-refractivity contribution in [2.75, 3.05) is 11.9 Å². The summed E-state index contributed by atoms with van der Waals surface area (Å²) >= 11 is 7.62. The number of hydrogen-bond donors (Lipinski definition) is 1. The minimum atomic E-state index is -4.58. The number of imide groups is 1. The Bertz CT molecular complexity index is 1470. The molecule has 0 bridgehead atoms. The number of amides is 3. The van der Waals surface area contributed by atoms with Gasteiger partial charge in [-0.25, -0.2) is 0 Å². The van der Waals surface area contributed by atoms with E-state index >= 15 is 0 Å². The topological polar surface area (TPSA) is 75.7 Å². The van der Waals surface area contributed by atoms with Gasteiger partial charge in [0.1, 0.15) is 18.9 Å². The minimum absolute atomic E-state index is 0.0964. The highest BCUT2D eigenvalue weighted by molar-refractivity contribution is 9.11. The van der Waals surface area contributed by atoms with Crippen LogP contribution >= 0.6 is 43.6 Å². The third kappa shape index (κ3) is 7.31. The first-order valence-corrected chi connectivity index (χ1v) is 13.7.